The maximum Gasteiger partial charge on any atom is 0.233 e. The van der Waals surface area contributed by atoms with Gasteiger partial charge in [-0.1, -0.05) is 48.0 Å². The van der Waals surface area contributed by atoms with Crippen molar-refractivity contribution in [2.45, 2.75) is 49.4 Å². The molecule has 1 saturated heterocycles. The number of likely N-dealkylation sites (tertiary alicyclic amines) is 1. The van der Waals surface area contributed by atoms with E-state index >= 15 is 0 Å². The highest BCUT2D eigenvalue weighted by Gasteiger charge is 2.54. The molecule has 0 aromatic heterocycles. The SMILES string of the molecule is O=C(N1CCCC2(CCc3ccccc32)C1)C1(c2ccc(Cl)cc2)CC1. The molecule has 1 unspecified atom stereocenters. The molecule has 2 fully saturated rings. The van der Waals surface area contributed by atoms with Gasteiger partial charge >= 0.3 is 0 Å². The summed E-state index contributed by atoms with van der Waals surface area (Å²) in [5.74, 6) is 0.336. The van der Waals surface area contributed by atoms with Crippen LogP contribution in [-0.4, -0.2) is 23.9 Å². The summed E-state index contributed by atoms with van der Waals surface area (Å²) in [6, 6.07) is 16.8. The molecule has 2 nitrogen and oxygen atoms in total. The molecule has 1 atom stereocenters. The number of fused-ring (bicyclic) bond motifs is 2. The third-order valence-electron chi connectivity index (χ3n) is 6.88. The molecular weight excluding hydrogens is 342 g/mol. The maximum atomic E-state index is 13.5. The van der Waals surface area contributed by atoms with Crippen molar-refractivity contribution in [3.05, 3.63) is 70.2 Å². The summed E-state index contributed by atoms with van der Waals surface area (Å²) < 4.78 is 0. The zero-order valence-electron chi connectivity index (χ0n) is 15.0. The van der Waals surface area contributed by atoms with Crippen molar-refractivity contribution in [3.8, 4) is 0 Å². The van der Waals surface area contributed by atoms with Gasteiger partial charge in [-0.05, 0) is 67.3 Å². The molecule has 134 valence electrons. The molecule has 5 rings (SSSR count). The Morgan fingerprint density at radius 1 is 0.962 bits per heavy atom. The van der Waals surface area contributed by atoms with Crippen LogP contribution >= 0.6 is 11.6 Å². The Bertz CT molecular complexity index is 851. The molecule has 2 aliphatic carbocycles. The standard InChI is InChI=1S/C23H24ClNO/c24-19-8-6-18(7-9-19)23(13-14-23)21(26)25-15-3-11-22(16-25)12-10-17-4-1-2-5-20(17)22/h1-2,4-9H,3,10-16H2. The molecular formula is C23H24ClNO. The van der Waals surface area contributed by atoms with Crippen molar-refractivity contribution in [3.63, 3.8) is 0 Å². The average molecular weight is 366 g/mol. The Hall–Kier alpha value is -1.80. The molecule has 1 spiro atoms. The van der Waals surface area contributed by atoms with Gasteiger partial charge in [0, 0.05) is 23.5 Å². The molecule has 2 aromatic carbocycles. The number of hydrogen-bond donors (Lipinski definition) is 0. The molecule has 0 N–H and O–H groups in total. The molecule has 3 aliphatic rings. The van der Waals surface area contributed by atoms with Crippen molar-refractivity contribution >= 4 is 17.5 Å². The molecule has 1 aliphatic heterocycles. The Kier molecular flexibility index (Phi) is 3.69. The molecule has 0 bridgehead atoms. The lowest BCUT2D eigenvalue weighted by molar-refractivity contribution is -0.136. The van der Waals surface area contributed by atoms with Gasteiger partial charge in [0.2, 0.25) is 5.91 Å². The second kappa shape index (κ2) is 5.85. The van der Waals surface area contributed by atoms with Gasteiger partial charge in [0.1, 0.15) is 0 Å². The smallest absolute Gasteiger partial charge is 0.233 e. The number of rotatable bonds is 2. The van der Waals surface area contributed by atoms with Crippen molar-refractivity contribution in [2.75, 3.05) is 13.1 Å². The normalized spacial score (nSPS) is 26.0. The average Bonchev–Trinajstić information content (AvgIpc) is 3.42. The number of benzene rings is 2. The van der Waals surface area contributed by atoms with E-state index in [4.69, 9.17) is 11.6 Å². The van der Waals surface area contributed by atoms with Crippen LogP contribution in [0.25, 0.3) is 0 Å². The lowest BCUT2D eigenvalue weighted by atomic mass is 9.74. The second-order valence-corrected chi connectivity index (χ2v) is 8.79. The summed E-state index contributed by atoms with van der Waals surface area (Å²) in [6.45, 7) is 1.79. The Morgan fingerprint density at radius 3 is 2.50 bits per heavy atom. The Morgan fingerprint density at radius 2 is 1.73 bits per heavy atom. The first-order valence-electron chi connectivity index (χ1n) is 9.77. The van der Waals surface area contributed by atoms with Crippen LogP contribution < -0.4 is 0 Å². The number of carbonyl (C=O) groups is 1. The van der Waals surface area contributed by atoms with Gasteiger partial charge in [0.15, 0.2) is 0 Å². The first-order chi connectivity index (χ1) is 12.6. The van der Waals surface area contributed by atoms with Crippen LogP contribution in [-0.2, 0) is 22.0 Å². The number of hydrogen-bond acceptors (Lipinski definition) is 1. The monoisotopic (exact) mass is 365 g/mol. The largest absolute Gasteiger partial charge is 0.341 e. The minimum atomic E-state index is -0.290. The van der Waals surface area contributed by atoms with Crippen LogP contribution in [0.4, 0.5) is 0 Å². The van der Waals surface area contributed by atoms with Crippen molar-refractivity contribution in [2.24, 2.45) is 0 Å². The fourth-order valence-electron chi connectivity index (χ4n) is 5.32. The summed E-state index contributed by atoms with van der Waals surface area (Å²) in [4.78, 5) is 15.7. The summed E-state index contributed by atoms with van der Waals surface area (Å²) in [6.07, 6.45) is 6.59. The molecule has 2 aromatic rings. The van der Waals surface area contributed by atoms with Crippen LogP contribution in [0, 0.1) is 0 Å². The van der Waals surface area contributed by atoms with Gasteiger partial charge in [-0.25, -0.2) is 0 Å². The van der Waals surface area contributed by atoms with Gasteiger partial charge in [-0.2, -0.15) is 0 Å². The van der Waals surface area contributed by atoms with Gasteiger partial charge in [0.05, 0.1) is 5.41 Å². The van der Waals surface area contributed by atoms with Crippen LogP contribution in [0.3, 0.4) is 0 Å². The van der Waals surface area contributed by atoms with E-state index in [0.29, 0.717) is 5.91 Å². The van der Waals surface area contributed by atoms with Gasteiger partial charge in [-0.15, -0.1) is 0 Å². The van der Waals surface area contributed by atoms with Gasteiger partial charge in [-0.3, -0.25) is 4.79 Å². The second-order valence-electron chi connectivity index (χ2n) is 8.36. The first kappa shape index (κ1) is 16.4. The third-order valence-corrected chi connectivity index (χ3v) is 7.13. The van der Waals surface area contributed by atoms with Crippen LogP contribution in [0.2, 0.25) is 5.02 Å². The maximum absolute atomic E-state index is 13.5. The third kappa shape index (κ3) is 2.42. The zero-order chi connectivity index (χ0) is 17.8. The summed E-state index contributed by atoms with van der Waals surface area (Å²) in [7, 11) is 0. The van der Waals surface area contributed by atoms with E-state index in [1.165, 1.54) is 24.0 Å². The molecule has 1 heterocycles. The van der Waals surface area contributed by atoms with E-state index in [9.17, 15) is 4.79 Å². The lowest BCUT2D eigenvalue weighted by Gasteiger charge is -2.42. The lowest BCUT2D eigenvalue weighted by Crippen LogP contribution is -2.50. The predicted octanol–water partition coefficient (Wildman–Crippen LogP) is 4.88. The fourth-order valence-corrected chi connectivity index (χ4v) is 5.44. The van der Waals surface area contributed by atoms with Gasteiger partial charge < -0.3 is 4.90 Å². The number of halogens is 1. The molecule has 0 radical (unpaired) electrons. The van der Waals surface area contributed by atoms with E-state index in [2.05, 4.69) is 29.2 Å². The number of piperidine rings is 1. The summed E-state index contributed by atoms with van der Waals surface area (Å²) >= 11 is 6.04. The van der Waals surface area contributed by atoms with Crippen molar-refractivity contribution < 1.29 is 4.79 Å². The summed E-state index contributed by atoms with van der Waals surface area (Å²) in [5, 5.41) is 0.733. The topological polar surface area (TPSA) is 20.3 Å². The molecule has 26 heavy (non-hydrogen) atoms. The number of carbonyl (C=O) groups excluding carboxylic acids is 1. The summed E-state index contributed by atoms with van der Waals surface area (Å²) in [5.41, 5.74) is 4.01. The quantitative estimate of drug-likeness (QED) is 0.742. The minimum absolute atomic E-state index is 0.181. The Labute approximate surface area is 160 Å². The van der Waals surface area contributed by atoms with E-state index < -0.39 is 0 Å². The van der Waals surface area contributed by atoms with Crippen molar-refractivity contribution in [1.82, 2.24) is 4.90 Å². The van der Waals surface area contributed by atoms with E-state index in [-0.39, 0.29) is 10.8 Å². The molecule has 1 saturated carbocycles. The highest BCUT2D eigenvalue weighted by Crippen LogP contribution is 2.52. The molecule has 1 amide bonds. The predicted molar refractivity (Wildman–Crippen MR) is 105 cm³/mol. The van der Waals surface area contributed by atoms with Crippen LogP contribution in [0.15, 0.2) is 48.5 Å². The van der Waals surface area contributed by atoms with Gasteiger partial charge in [0.25, 0.3) is 0 Å². The Balaban J connectivity index is 1.43. The highest BCUT2D eigenvalue weighted by atomic mass is 35.5. The fraction of sp³-hybridized carbons (Fsp3) is 0.435. The number of aryl methyl sites for hydroxylation is 1. The van der Waals surface area contributed by atoms with Crippen LogP contribution in [0.1, 0.15) is 48.8 Å². The zero-order valence-corrected chi connectivity index (χ0v) is 15.8. The highest BCUT2D eigenvalue weighted by molar-refractivity contribution is 6.30. The van der Waals surface area contributed by atoms with E-state index in [1.807, 2.05) is 24.3 Å². The van der Waals surface area contributed by atoms with Crippen molar-refractivity contribution in [1.29, 1.82) is 0 Å². The number of nitrogens with zero attached hydrogens (tertiary/aromatic N) is 1. The number of amides is 1. The van der Waals surface area contributed by atoms with Crippen LogP contribution in [0.5, 0.6) is 0 Å². The first-order valence-corrected chi connectivity index (χ1v) is 10.1. The molecule has 3 heteroatoms. The minimum Gasteiger partial charge on any atom is -0.341 e. The van der Waals surface area contributed by atoms with E-state index in [0.717, 1.165) is 49.4 Å². The van der Waals surface area contributed by atoms with E-state index in [1.54, 1.807) is 0 Å².